The number of carbonyl (C=O) groups is 1. The minimum Gasteiger partial charge on any atom is -0.483 e. The highest BCUT2D eigenvalue weighted by atomic mass is 16.5. The molecule has 5 nitrogen and oxygen atoms in total. The van der Waals surface area contributed by atoms with Gasteiger partial charge in [0.25, 0.3) is 5.91 Å². The molecule has 1 N–H and O–H groups in total. The number of carbonyl (C=O) groups excluding carboxylic acids is 1. The highest BCUT2D eigenvalue weighted by molar-refractivity contribution is 5.94. The Bertz CT molecular complexity index is 1180. The number of hydrogen-bond acceptors (Lipinski definition) is 3. The number of para-hydroxylation sites is 2. The van der Waals surface area contributed by atoms with Gasteiger partial charge in [-0.15, -0.1) is 0 Å². The maximum absolute atomic E-state index is 13.1. The molecule has 3 aromatic rings. The Hall–Kier alpha value is -3.34. The van der Waals surface area contributed by atoms with Crippen LogP contribution < -0.4 is 10.2 Å². The van der Waals surface area contributed by atoms with Crippen LogP contribution in [0, 0.1) is 0 Å². The van der Waals surface area contributed by atoms with Gasteiger partial charge in [0.05, 0.1) is 0 Å². The number of benzene rings is 2. The lowest BCUT2D eigenvalue weighted by Gasteiger charge is -2.34. The van der Waals surface area contributed by atoms with Crippen LogP contribution >= 0.6 is 0 Å². The van der Waals surface area contributed by atoms with Gasteiger partial charge in [-0.05, 0) is 37.1 Å². The van der Waals surface area contributed by atoms with Crippen LogP contribution in [0.25, 0.3) is 17.0 Å². The topological polar surface area (TPSA) is 62.4 Å². The van der Waals surface area contributed by atoms with Crippen molar-refractivity contribution in [3.63, 3.8) is 0 Å². The summed E-state index contributed by atoms with van der Waals surface area (Å²) in [6.45, 7) is 1.23. The molecule has 2 aliphatic rings. The van der Waals surface area contributed by atoms with Crippen molar-refractivity contribution in [1.29, 1.82) is 0 Å². The molecule has 29 heavy (non-hydrogen) atoms. The third-order valence-corrected chi connectivity index (χ3v) is 5.89. The molecule has 0 aliphatic carbocycles. The molecular formula is C24H22N2O3. The van der Waals surface area contributed by atoms with Crippen molar-refractivity contribution < 1.29 is 9.53 Å². The molecule has 1 aromatic heterocycles. The van der Waals surface area contributed by atoms with E-state index in [2.05, 4.69) is 17.1 Å². The van der Waals surface area contributed by atoms with Crippen molar-refractivity contribution >= 4 is 22.9 Å². The van der Waals surface area contributed by atoms with Gasteiger partial charge in [-0.2, -0.15) is 0 Å². The Morgan fingerprint density at radius 2 is 1.86 bits per heavy atom. The second kappa shape index (κ2) is 6.92. The molecule has 0 radical (unpaired) electrons. The van der Waals surface area contributed by atoms with E-state index in [9.17, 15) is 9.59 Å². The van der Waals surface area contributed by atoms with Gasteiger partial charge in [0.15, 0.2) is 5.43 Å². The molecule has 1 atom stereocenters. The van der Waals surface area contributed by atoms with Crippen LogP contribution in [0.5, 0.6) is 5.75 Å². The summed E-state index contributed by atoms with van der Waals surface area (Å²) in [7, 11) is 0. The highest BCUT2D eigenvalue weighted by Gasteiger charge is 2.36. The zero-order valence-electron chi connectivity index (χ0n) is 16.1. The first-order chi connectivity index (χ1) is 14.1. The molecule has 0 bridgehead atoms. The van der Waals surface area contributed by atoms with Crippen molar-refractivity contribution in [2.75, 3.05) is 13.1 Å². The Balaban J connectivity index is 1.38. The first kappa shape index (κ1) is 17.7. The number of ether oxygens (including phenoxy) is 1. The first-order valence-electron chi connectivity index (χ1n) is 10.0. The third kappa shape index (κ3) is 3.23. The lowest BCUT2D eigenvalue weighted by molar-refractivity contribution is 0.0725. The standard InChI is InChI=1S/C24H22N2O3/c27-21-16-20(25-19-8-3-2-7-18(19)21)23(28)26-14-5-11-24(13-15-26)12-10-17-6-1-4-9-22(17)29-24/h1-4,6-10,12,16H,5,11,13-15H2,(H,25,27)/t24-/m1/s1. The quantitative estimate of drug-likeness (QED) is 0.688. The number of nitrogens with zero attached hydrogens (tertiary/aromatic N) is 1. The summed E-state index contributed by atoms with van der Waals surface area (Å²) in [5.41, 5.74) is 1.60. The van der Waals surface area contributed by atoms with Crippen molar-refractivity contribution in [1.82, 2.24) is 9.88 Å². The summed E-state index contributed by atoms with van der Waals surface area (Å²) in [6, 6.07) is 16.7. The normalized spacial score (nSPS) is 20.9. The second-order valence-electron chi connectivity index (χ2n) is 7.78. The number of amides is 1. The molecule has 5 rings (SSSR count). The Kier molecular flexibility index (Phi) is 4.23. The molecule has 2 aliphatic heterocycles. The molecule has 1 amide bonds. The lowest BCUT2D eigenvalue weighted by atomic mass is 9.91. The van der Waals surface area contributed by atoms with Gasteiger partial charge in [-0.1, -0.05) is 36.4 Å². The molecule has 0 unspecified atom stereocenters. The highest BCUT2D eigenvalue weighted by Crippen LogP contribution is 2.37. The minimum absolute atomic E-state index is 0.134. The van der Waals surface area contributed by atoms with E-state index in [1.54, 1.807) is 6.07 Å². The summed E-state index contributed by atoms with van der Waals surface area (Å²) < 4.78 is 6.37. The van der Waals surface area contributed by atoms with Crippen LogP contribution in [0.4, 0.5) is 0 Å². The average molecular weight is 386 g/mol. The molecular weight excluding hydrogens is 364 g/mol. The maximum atomic E-state index is 13.1. The molecule has 1 spiro atoms. The van der Waals surface area contributed by atoms with E-state index in [-0.39, 0.29) is 16.9 Å². The van der Waals surface area contributed by atoms with Crippen LogP contribution in [0.2, 0.25) is 0 Å². The Morgan fingerprint density at radius 3 is 2.79 bits per heavy atom. The van der Waals surface area contributed by atoms with Gasteiger partial charge < -0.3 is 14.6 Å². The van der Waals surface area contributed by atoms with Gasteiger partial charge >= 0.3 is 0 Å². The summed E-state index contributed by atoms with van der Waals surface area (Å²) in [4.78, 5) is 30.5. The van der Waals surface area contributed by atoms with E-state index >= 15 is 0 Å². The number of rotatable bonds is 1. The smallest absolute Gasteiger partial charge is 0.270 e. The third-order valence-electron chi connectivity index (χ3n) is 5.89. The maximum Gasteiger partial charge on any atom is 0.270 e. The number of hydrogen-bond donors (Lipinski definition) is 1. The fourth-order valence-corrected chi connectivity index (χ4v) is 4.29. The number of likely N-dealkylation sites (tertiary alicyclic amines) is 1. The number of H-pyrrole nitrogens is 1. The largest absolute Gasteiger partial charge is 0.483 e. The van der Waals surface area contributed by atoms with Gasteiger partial charge in [0, 0.05) is 42.0 Å². The van der Waals surface area contributed by atoms with Crippen molar-refractivity contribution in [2.45, 2.75) is 24.9 Å². The Morgan fingerprint density at radius 1 is 1.03 bits per heavy atom. The zero-order valence-corrected chi connectivity index (χ0v) is 16.1. The van der Waals surface area contributed by atoms with Gasteiger partial charge in [-0.25, -0.2) is 0 Å². The fourth-order valence-electron chi connectivity index (χ4n) is 4.29. The minimum atomic E-state index is -0.375. The van der Waals surface area contributed by atoms with Crippen LogP contribution in [-0.4, -0.2) is 34.5 Å². The van der Waals surface area contributed by atoms with Crippen LogP contribution in [-0.2, 0) is 0 Å². The summed E-state index contributed by atoms with van der Waals surface area (Å²) in [5, 5.41) is 0.596. The van der Waals surface area contributed by atoms with E-state index in [1.807, 2.05) is 47.4 Å². The molecule has 1 saturated heterocycles. The number of aromatic amines is 1. The lowest BCUT2D eigenvalue weighted by Crippen LogP contribution is -2.38. The number of aromatic nitrogens is 1. The van der Waals surface area contributed by atoms with Gasteiger partial charge in [0.1, 0.15) is 17.0 Å². The molecule has 1 fully saturated rings. The van der Waals surface area contributed by atoms with Crippen molar-refractivity contribution in [3.05, 3.63) is 82.2 Å². The number of nitrogens with one attached hydrogen (secondary N) is 1. The van der Waals surface area contributed by atoms with E-state index < -0.39 is 0 Å². The molecule has 146 valence electrons. The van der Waals surface area contributed by atoms with E-state index in [0.717, 1.165) is 30.6 Å². The Labute approximate surface area is 168 Å². The molecule has 5 heteroatoms. The van der Waals surface area contributed by atoms with Gasteiger partial charge in [-0.3, -0.25) is 9.59 Å². The van der Waals surface area contributed by atoms with E-state index in [0.29, 0.717) is 29.7 Å². The van der Waals surface area contributed by atoms with Crippen molar-refractivity contribution in [3.8, 4) is 5.75 Å². The van der Waals surface area contributed by atoms with Crippen LogP contribution in [0.15, 0.2) is 65.5 Å². The molecule has 2 aromatic carbocycles. The molecule has 3 heterocycles. The summed E-state index contributed by atoms with van der Waals surface area (Å²) in [5.74, 6) is 0.763. The predicted octanol–water partition coefficient (Wildman–Crippen LogP) is 4.00. The summed E-state index contributed by atoms with van der Waals surface area (Å²) >= 11 is 0. The first-order valence-corrected chi connectivity index (χ1v) is 10.0. The second-order valence-corrected chi connectivity index (χ2v) is 7.78. The van der Waals surface area contributed by atoms with E-state index in [4.69, 9.17) is 4.74 Å². The number of pyridine rings is 1. The van der Waals surface area contributed by atoms with Crippen molar-refractivity contribution in [2.24, 2.45) is 0 Å². The van der Waals surface area contributed by atoms with E-state index in [1.165, 1.54) is 6.07 Å². The average Bonchev–Trinajstić information content (AvgIpc) is 2.95. The predicted molar refractivity (Wildman–Crippen MR) is 113 cm³/mol. The van der Waals surface area contributed by atoms with Crippen LogP contribution in [0.1, 0.15) is 35.3 Å². The summed E-state index contributed by atoms with van der Waals surface area (Å²) in [6.07, 6.45) is 6.69. The van der Waals surface area contributed by atoms with Crippen LogP contribution in [0.3, 0.4) is 0 Å². The monoisotopic (exact) mass is 386 g/mol. The SMILES string of the molecule is O=C(c1cc(=O)c2ccccc2[nH]1)N1CCC[C@@]2(C=Cc3ccccc3O2)CC1. The molecule has 0 saturated carbocycles. The zero-order chi connectivity index (χ0) is 19.8. The van der Waals surface area contributed by atoms with Gasteiger partial charge in [0.2, 0.25) is 0 Å². The fraction of sp³-hybridized carbons (Fsp3) is 0.250. The number of fused-ring (bicyclic) bond motifs is 2.